The lowest BCUT2D eigenvalue weighted by Gasteiger charge is -2.29. The first kappa shape index (κ1) is 19.9. The van der Waals surface area contributed by atoms with E-state index in [1.54, 1.807) is 30.7 Å². The normalized spacial score (nSPS) is 16.3. The summed E-state index contributed by atoms with van der Waals surface area (Å²) in [7, 11) is 1.54. The Hall–Kier alpha value is -3.38. The Morgan fingerprint density at radius 2 is 1.87 bits per heavy atom. The first-order valence-electron chi connectivity index (χ1n) is 9.49. The number of aliphatic hydroxyl groups excluding tert-OH is 1. The number of amides is 1. The molecule has 6 heteroatoms. The molecular formula is C24H21NO4S. The number of aliphatic hydroxyl groups is 1. The average molecular weight is 420 g/mol. The van der Waals surface area contributed by atoms with Gasteiger partial charge in [-0.2, -0.15) is 0 Å². The highest BCUT2D eigenvalue weighted by Gasteiger charge is 2.46. The van der Waals surface area contributed by atoms with Crippen LogP contribution in [0.3, 0.4) is 0 Å². The third-order valence-corrected chi connectivity index (χ3v) is 6.11. The summed E-state index contributed by atoms with van der Waals surface area (Å²) < 4.78 is 5.53. The van der Waals surface area contributed by atoms with Crippen molar-refractivity contribution in [2.24, 2.45) is 0 Å². The van der Waals surface area contributed by atoms with Gasteiger partial charge in [0.2, 0.25) is 5.78 Å². The van der Waals surface area contributed by atoms with Gasteiger partial charge in [-0.1, -0.05) is 42.0 Å². The number of rotatable bonds is 5. The van der Waals surface area contributed by atoms with E-state index in [1.807, 2.05) is 50.2 Å². The number of Topliss-reactive ketones (excluding diaryl/α,β-unsaturated/α-hetero) is 1. The average Bonchev–Trinajstić information content (AvgIpc) is 3.36. The minimum atomic E-state index is -0.801. The Morgan fingerprint density at radius 1 is 1.10 bits per heavy atom. The number of hydrogen-bond donors (Lipinski definition) is 1. The van der Waals surface area contributed by atoms with Crippen LogP contribution in [0.2, 0.25) is 0 Å². The van der Waals surface area contributed by atoms with Gasteiger partial charge in [-0.3, -0.25) is 14.5 Å². The van der Waals surface area contributed by atoms with Gasteiger partial charge in [0, 0.05) is 11.3 Å². The lowest BCUT2D eigenvalue weighted by molar-refractivity contribution is -0.117. The molecule has 0 fully saturated rings. The summed E-state index contributed by atoms with van der Waals surface area (Å²) >= 11 is 1.27. The molecule has 1 amide bonds. The molecule has 1 aliphatic rings. The van der Waals surface area contributed by atoms with Crippen molar-refractivity contribution in [3.63, 3.8) is 0 Å². The monoisotopic (exact) mass is 419 g/mol. The number of carbonyl (C=O) groups is 2. The molecule has 0 bridgehead atoms. The number of aryl methyl sites for hydroxylation is 2. The molecule has 1 unspecified atom stereocenters. The predicted molar refractivity (Wildman–Crippen MR) is 117 cm³/mol. The van der Waals surface area contributed by atoms with Crippen LogP contribution in [-0.2, 0) is 4.79 Å². The van der Waals surface area contributed by atoms with Gasteiger partial charge in [0.05, 0.1) is 23.6 Å². The Bertz CT molecular complexity index is 1160. The summed E-state index contributed by atoms with van der Waals surface area (Å²) in [6.07, 6.45) is 0. The SMILES string of the molecule is COc1ccccc1C1C(C(=O)c2cccs2)=C(O)C(=O)N1c1ccc(C)cc1C. The van der Waals surface area contributed by atoms with Crippen molar-refractivity contribution in [2.45, 2.75) is 19.9 Å². The molecule has 1 aliphatic heterocycles. The molecule has 2 aromatic carbocycles. The van der Waals surface area contributed by atoms with Gasteiger partial charge in [0.25, 0.3) is 5.91 Å². The minimum absolute atomic E-state index is 0.0620. The number of nitrogens with zero attached hydrogens (tertiary/aromatic N) is 1. The summed E-state index contributed by atoms with van der Waals surface area (Å²) in [6, 6.07) is 15.6. The maximum absolute atomic E-state index is 13.3. The summed E-state index contributed by atoms with van der Waals surface area (Å²) in [4.78, 5) is 28.5. The molecule has 30 heavy (non-hydrogen) atoms. The third-order valence-electron chi connectivity index (χ3n) is 5.24. The highest BCUT2D eigenvalue weighted by Crippen LogP contribution is 2.45. The van der Waals surface area contributed by atoms with E-state index in [1.165, 1.54) is 16.2 Å². The second kappa shape index (κ2) is 7.80. The van der Waals surface area contributed by atoms with E-state index in [0.29, 0.717) is 21.9 Å². The van der Waals surface area contributed by atoms with E-state index >= 15 is 0 Å². The molecule has 152 valence electrons. The van der Waals surface area contributed by atoms with Crippen LogP contribution in [0, 0.1) is 13.8 Å². The number of thiophene rings is 1. The number of hydrogen-bond acceptors (Lipinski definition) is 5. The number of ketones is 1. The minimum Gasteiger partial charge on any atom is -0.503 e. The van der Waals surface area contributed by atoms with Crippen LogP contribution in [0.15, 0.2) is 71.3 Å². The second-order valence-corrected chi connectivity index (χ2v) is 8.13. The van der Waals surface area contributed by atoms with Gasteiger partial charge in [-0.25, -0.2) is 0 Å². The predicted octanol–water partition coefficient (Wildman–Crippen LogP) is 5.16. The smallest absolute Gasteiger partial charge is 0.294 e. The summed E-state index contributed by atoms with van der Waals surface area (Å²) in [5, 5.41) is 12.6. The van der Waals surface area contributed by atoms with E-state index in [0.717, 1.165) is 11.1 Å². The van der Waals surface area contributed by atoms with Crippen LogP contribution in [0.5, 0.6) is 5.75 Å². The zero-order chi connectivity index (χ0) is 21.4. The van der Waals surface area contributed by atoms with Crippen molar-refractivity contribution >= 4 is 28.7 Å². The zero-order valence-corrected chi connectivity index (χ0v) is 17.7. The van der Waals surface area contributed by atoms with Crippen molar-refractivity contribution in [1.29, 1.82) is 0 Å². The highest BCUT2D eigenvalue weighted by molar-refractivity contribution is 7.12. The molecule has 0 saturated heterocycles. The first-order chi connectivity index (χ1) is 14.4. The Morgan fingerprint density at radius 3 is 2.53 bits per heavy atom. The van der Waals surface area contributed by atoms with Gasteiger partial charge in [-0.15, -0.1) is 11.3 Å². The lowest BCUT2D eigenvalue weighted by Crippen LogP contribution is -2.31. The summed E-state index contributed by atoms with van der Waals surface area (Å²) in [5.74, 6) is -0.947. The largest absolute Gasteiger partial charge is 0.503 e. The maximum Gasteiger partial charge on any atom is 0.294 e. The molecule has 1 N–H and O–H groups in total. The molecule has 2 heterocycles. The molecule has 1 aromatic heterocycles. The number of ether oxygens (including phenoxy) is 1. The summed E-state index contributed by atoms with van der Waals surface area (Å²) in [5.41, 5.74) is 3.27. The van der Waals surface area contributed by atoms with E-state index in [4.69, 9.17) is 4.74 Å². The van der Waals surface area contributed by atoms with Crippen molar-refractivity contribution in [3.05, 3.63) is 92.9 Å². The first-order valence-corrected chi connectivity index (χ1v) is 10.4. The van der Waals surface area contributed by atoms with Crippen molar-refractivity contribution < 1.29 is 19.4 Å². The van der Waals surface area contributed by atoms with Crippen molar-refractivity contribution in [1.82, 2.24) is 0 Å². The van der Waals surface area contributed by atoms with E-state index < -0.39 is 17.7 Å². The Balaban J connectivity index is 1.95. The molecule has 0 saturated carbocycles. The molecule has 3 aromatic rings. The van der Waals surface area contributed by atoms with Gasteiger partial charge in [0.1, 0.15) is 5.75 Å². The lowest BCUT2D eigenvalue weighted by atomic mass is 9.94. The fourth-order valence-electron chi connectivity index (χ4n) is 3.89. The van der Waals surface area contributed by atoms with Crippen LogP contribution < -0.4 is 9.64 Å². The molecule has 0 radical (unpaired) electrons. The van der Waals surface area contributed by atoms with Crippen LogP contribution in [-0.4, -0.2) is 23.9 Å². The standard InChI is InChI=1S/C24H21NO4S/c1-14-10-11-17(15(2)13-14)25-21(16-7-4-5-8-18(16)29-3)20(23(27)24(25)28)22(26)19-9-6-12-30-19/h4-13,21,27H,1-3H3. The Kier molecular flexibility index (Phi) is 5.18. The molecule has 0 aliphatic carbocycles. The van der Waals surface area contributed by atoms with Gasteiger partial charge < -0.3 is 9.84 Å². The number of methoxy groups -OCH3 is 1. The number of anilines is 1. The van der Waals surface area contributed by atoms with Gasteiger partial charge >= 0.3 is 0 Å². The van der Waals surface area contributed by atoms with Gasteiger partial charge in [-0.05, 0) is 43.0 Å². The molecule has 5 nitrogen and oxygen atoms in total. The zero-order valence-electron chi connectivity index (χ0n) is 16.9. The topological polar surface area (TPSA) is 66.8 Å². The Labute approximate surface area is 178 Å². The van der Waals surface area contributed by atoms with Crippen LogP contribution in [0.1, 0.15) is 32.4 Å². The fourth-order valence-corrected chi connectivity index (χ4v) is 4.57. The van der Waals surface area contributed by atoms with Crippen LogP contribution >= 0.6 is 11.3 Å². The van der Waals surface area contributed by atoms with E-state index in [-0.39, 0.29) is 11.4 Å². The number of para-hydroxylation sites is 1. The molecule has 0 spiro atoms. The van der Waals surface area contributed by atoms with E-state index in [9.17, 15) is 14.7 Å². The van der Waals surface area contributed by atoms with Crippen molar-refractivity contribution in [3.8, 4) is 5.75 Å². The third kappa shape index (κ3) is 3.19. The second-order valence-electron chi connectivity index (χ2n) is 7.18. The quantitative estimate of drug-likeness (QED) is 0.581. The highest BCUT2D eigenvalue weighted by atomic mass is 32.1. The molecule has 1 atom stereocenters. The number of benzene rings is 2. The van der Waals surface area contributed by atoms with Crippen LogP contribution in [0.25, 0.3) is 0 Å². The van der Waals surface area contributed by atoms with Crippen LogP contribution in [0.4, 0.5) is 5.69 Å². The van der Waals surface area contributed by atoms with Crippen molar-refractivity contribution in [2.75, 3.05) is 12.0 Å². The molecular weight excluding hydrogens is 398 g/mol. The van der Waals surface area contributed by atoms with E-state index in [2.05, 4.69) is 0 Å². The van der Waals surface area contributed by atoms with Gasteiger partial charge in [0.15, 0.2) is 5.76 Å². The molecule has 4 rings (SSSR count). The maximum atomic E-state index is 13.3. The number of carbonyl (C=O) groups excluding carboxylic acids is 2. The summed E-state index contributed by atoms with van der Waals surface area (Å²) in [6.45, 7) is 3.88. The fraction of sp³-hybridized carbons (Fsp3) is 0.167.